The molecule has 3 aliphatic rings. The monoisotopic (exact) mass is 419 g/mol. The van der Waals surface area contributed by atoms with Gasteiger partial charge in [-0.05, 0) is 50.8 Å². The molecule has 31 heavy (non-hydrogen) atoms. The summed E-state index contributed by atoms with van der Waals surface area (Å²) >= 11 is 0. The lowest BCUT2D eigenvalue weighted by Crippen LogP contribution is -2.51. The molecule has 1 aromatic heterocycles. The smallest absolute Gasteiger partial charge is 0.256 e. The number of nitrogens with zero attached hydrogens (tertiary/aromatic N) is 4. The number of aromatic amines is 1. The summed E-state index contributed by atoms with van der Waals surface area (Å²) in [5.41, 5.74) is 2.41. The van der Waals surface area contributed by atoms with E-state index in [1.165, 1.54) is 0 Å². The number of rotatable bonds is 3. The summed E-state index contributed by atoms with van der Waals surface area (Å²) in [5.74, 6) is 0.517. The summed E-state index contributed by atoms with van der Waals surface area (Å²) < 4.78 is 0. The molecule has 3 heterocycles. The number of anilines is 1. The zero-order chi connectivity index (χ0) is 21.6. The van der Waals surface area contributed by atoms with Gasteiger partial charge in [0.05, 0.1) is 22.7 Å². The average molecular weight is 420 g/mol. The first kappa shape index (κ1) is 19.9. The third kappa shape index (κ3) is 3.65. The number of nitrogens with one attached hydrogen (secondary N) is 1. The number of H-pyrrole nitrogens is 1. The second kappa shape index (κ2) is 7.60. The van der Waals surface area contributed by atoms with Crippen molar-refractivity contribution in [1.29, 1.82) is 5.26 Å². The van der Waals surface area contributed by atoms with E-state index < -0.39 is 0 Å². The van der Waals surface area contributed by atoms with Gasteiger partial charge in [-0.1, -0.05) is 0 Å². The van der Waals surface area contributed by atoms with E-state index in [9.17, 15) is 14.9 Å². The Morgan fingerprint density at radius 2 is 1.71 bits per heavy atom. The Bertz CT molecular complexity index is 1050. The van der Waals surface area contributed by atoms with Gasteiger partial charge in [0.1, 0.15) is 0 Å². The molecule has 7 heteroatoms. The summed E-state index contributed by atoms with van der Waals surface area (Å²) in [4.78, 5) is 35.3. The van der Waals surface area contributed by atoms with Crippen LogP contribution in [0.25, 0.3) is 10.9 Å². The van der Waals surface area contributed by atoms with E-state index >= 15 is 0 Å². The van der Waals surface area contributed by atoms with Crippen molar-refractivity contribution >= 4 is 28.4 Å². The van der Waals surface area contributed by atoms with Crippen molar-refractivity contribution in [2.24, 2.45) is 11.3 Å². The van der Waals surface area contributed by atoms with Gasteiger partial charge in [0.25, 0.3) is 5.91 Å². The third-order valence-electron chi connectivity index (χ3n) is 7.19. The van der Waals surface area contributed by atoms with Crippen LogP contribution in [0.3, 0.4) is 0 Å². The lowest BCUT2D eigenvalue weighted by Gasteiger charge is -2.39. The first-order valence-electron chi connectivity index (χ1n) is 11.3. The van der Waals surface area contributed by atoms with Gasteiger partial charge in [-0.2, -0.15) is 5.26 Å². The number of hydrogen-bond donors (Lipinski definition) is 1. The Balaban J connectivity index is 1.38. The van der Waals surface area contributed by atoms with Crippen molar-refractivity contribution in [1.82, 2.24) is 14.8 Å². The molecule has 162 valence electrons. The Morgan fingerprint density at radius 1 is 1.03 bits per heavy atom. The first-order valence-corrected chi connectivity index (χ1v) is 11.3. The largest absolute Gasteiger partial charge is 0.370 e. The number of piperazine rings is 1. The van der Waals surface area contributed by atoms with Crippen molar-refractivity contribution in [3.8, 4) is 6.07 Å². The Hall–Kier alpha value is -3.01. The summed E-state index contributed by atoms with van der Waals surface area (Å²) in [6.07, 6.45) is 5.52. The lowest BCUT2D eigenvalue weighted by molar-refractivity contribution is -0.134. The fourth-order valence-electron chi connectivity index (χ4n) is 4.86. The maximum absolute atomic E-state index is 13.6. The maximum Gasteiger partial charge on any atom is 0.256 e. The van der Waals surface area contributed by atoms with Crippen molar-refractivity contribution in [3.63, 3.8) is 0 Å². The highest BCUT2D eigenvalue weighted by molar-refractivity contribution is 6.08. The molecule has 2 amide bonds. The zero-order valence-corrected chi connectivity index (χ0v) is 18.1. The van der Waals surface area contributed by atoms with E-state index in [1.54, 1.807) is 0 Å². The quantitative estimate of drug-likeness (QED) is 0.829. The summed E-state index contributed by atoms with van der Waals surface area (Å²) in [7, 11) is 0. The summed E-state index contributed by atoms with van der Waals surface area (Å²) in [6, 6.07) is 8.39. The van der Waals surface area contributed by atoms with Crippen molar-refractivity contribution in [3.05, 3.63) is 30.0 Å². The van der Waals surface area contributed by atoms with Crippen LogP contribution in [-0.2, 0) is 4.79 Å². The molecule has 0 spiro atoms. The fourth-order valence-corrected chi connectivity index (χ4v) is 4.86. The molecular weight excluding hydrogens is 390 g/mol. The van der Waals surface area contributed by atoms with Crippen LogP contribution in [0.1, 0.15) is 43.0 Å². The minimum Gasteiger partial charge on any atom is -0.370 e. The normalized spacial score (nSPS) is 21.2. The van der Waals surface area contributed by atoms with E-state index in [0.29, 0.717) is 26.2 Å². The summed E-state index contributed by atoms with van der Waals surface area (Å²) in [5, 5.41) is 10.5. The van der Waals surface area contributed by atoms with Gasteiger partial charge in [-0.3, -0.25) is 9.59 Å². The number of piperidine rings is 1. The molecule has 0 atom stereocenters. The first-order chi connectivity index (χ1) is 15.0. The highest BCUT2D eigenvalue weighted by Crippen LogP contribution is 2.38. The lowest BCUT2D eigenvalue weighted by atomic mass is 9.81. The highest BCUT2D eigenvalue weighted by Gasteiger charge is 2.36. The molecule has 0 bridgehead atoms. The maximum atomic E-state index is 13.6. The minimum atomic E-state index is -0.295. The van der Waals surface area contributed by atoms with Gasteiger partial charge in [0, 0.05) is 62.3 Å². The highest BCUT2D eigenvalue weighted by atomic mass is 16.2. The predicted molar refractivity (Wildman–Crippen MR) is 119 cm³/mol. The van der Waals surface area contributed by atoms with Crippen LogP contribution in [0.5, 0.6) is 0 Å². The number of hydrogen-bond acceptors (Lipinski definition) is 4. The van der Waals surface area contributed by atoms with Crippen LogP contribution in [-0.4, -0.2) is 65.9 Å². The van der Waals surface area contributed by atoms with Gasteiger partial charge in [0.2, 0.25) is 5.91 Å². The van der Waals surface area contributed by atoms with Crippen LogP contribution in [0.15, 0.2) is 24.4 Å². The number of fused-ring (bicyclic) bond motifs is 1. The van der Waals surface area contributed by atoms with Crippen LogP contribution < -0.4 is 4.90 Å². The molecule has 7 nitrogen and oxygen atoms in total. The Morgan fingerprint density at radius 3 is 2.35 bits per heavy atom. The van der Waals surface area contributed by atoms with Crippen LogP contribution in [0.2, 0.25) is 0 Å². The second-order valence-corrected chi connectivity index (χ2v) is 9.45. The molecule has 0 radical (unpaired) electrons. The van der Waals surface area contributed by atoms with Crippen LogP contribution in [0, 0.1) is 22.7 Å². The van der Waals surface area contributed by atoms with E-state index in [-0.39, 0.29) is 23.1 Å². The van der Waals surface area contributed by atoms with Gasteiger partial charge in [0.15, 0.2) is 0 Å². The Kier molecular flexibility index (Phi) is 4.88. The van der Waals surface area contributed by atoms with Gasteiger partial charge in [-0.25, -0.2) is 0 Å². The zero-order valence-electron chi connectivity index (χ0n) is 18.1. The molecule has 5 rings (SSSR count). The summed E-state index contributed by atoms with van der Waals surface area (Å²) in [6.45, 7) is 5.94. The topological polar surface area (TPSA) is 83.4 Å². The average Bonchev–Trinajstić information content (AvgIpc) is 3.55. The standard InChI is InChI=1S/C24H29N5O2/c1-24(16-25)7-10-27(11-8-24)21-18-6-9-26-20(18)5-4-19(21)23(31)29-14-12-28(13-15-29)22(30)17-2-3-17/h4-6,9,17,26H,2-3,7-8,10-15H2,1H3. The predicted octanol–water partition coefficient (Wildman–Crippen LogP) is 2.99. The number of carbonyl (C=O) groups excluding carboxylic acids is 2. The third-order valence-corrected chi connectivity index (χ3v) is 7.19. The molecule has 1 aromatic carbocycles. The molecular formula is C24H29N5O2. The van der Waals surface area contributed by atoms with Crippen LogP contribution in [0.4, 0.5) is 5.69 Å². The van der Waals surface area contributed by atoms with E-state index in [1.807, 2.05) is 41.1 Å². The number of aromatic nitrogens is 1. The SMILES string of the molecule is CC1(C#N)CCN(c2c(C(=O)N3CCN(C(=O)C4CC4)CC3)ccc3[nH]ccc23)CC1. The molecule has 0 unspecified atom stereocenters. The second-order valence-electron chi connectivity index (χ2n) is 9.45. The van der Waals surface area contributed by atoms with Crippen molar-refractivity contribution in [2.75, 3.05) is 44.2 Å². The fraction of sp³-hybridized carbons (Fsp3) is 0.542. The Labute approximate surface area is 182 Å². The number of benzene rings is 1. The van der Waals surface area contributed by atoms with Gasteiger partial charge < -0.3 is 19.7 Å². The number of amides is 2. The molecule has 3 fully saturated rings. The molecule has 1 saturated carbocycles. The van der Waals surface area contributed by atoms with E-state index in [4.69, 9.17) is 0 Å². The van der Waals surface area contributed by atoms with Gasteiger partial charge in [-0.15, -0.1) is 0 Å². The molecule has 2 aliphatic heterocycles. The van der Waals surface area contributed by atoms with E-state index in [2.05, 4.69) is 16.0 Å². The van der Waals surface area contributed by atoms with Gasteiger partial charge >= 0.3 is 0 Å². The van der Waals surface area contributed by atoms with Crippen molar-refractivity contribution < 1.29 is 9.59 Å². The molecule has 1 N–H and O–H groups in total. The molecule has 2 aromatic rings. The number of carbonyl (C=O) groups is 2. The molecule has 2 saturated heterocycles. The van der Waals surface area contributed by atoms with Crippen LogP contribution >= 0.6 is 0 Å². The van der Waals surface area contributed by atoms with Crippen molar-refractivity contribution in [2.45, 2.75) is 32.6 Å². The molecule has 1 aliphatic carbocycles. The number of nitriles is 1. The van der Waals surface area contributed by atoms with E-state index in [0.717, 1.165) is 60.9 Å². The minimum absolute atomic E-state index is 0.0326.